The molecule has 1 aromatic carbocycles. The van der Waals surface area contributed by atoms with Gasteiger partial charge in [0.15, 0.2) is 11.5 Å². The number of pyridine rings is 1. The summed E-state index contributed by atoms with van der Waals surface area (Å²) in [6.07, 6.45) is -2.90. The molecule has 1 amide bonds. The molecule has 0 aliphatic heterocycles. The third-order valence-electron chi connectivity index (χ3n) is 5.47. The predicted molar refractivity (Wildman–Crippen MR) is 124 cm³/mol. The van der Waals surface area contributed by atoms with Gasteiger partial charge in [-0.3, -0.25) is 4.79 Å². The van der Waals surface area contributed by atoms with Crippen molar-refractivity contribution in [2.24, 2.45) is 5.73 Å². The molecule has 192 valence electrons. The molecule has 0 radical (unpaired) electrons. The van der Waals surface area contributed by atoms with Gasteiger partial charge in [0, 0.05) is 30.7 Å². The number of aliphatic carboxylic acids is 2. The lowest BCUT2D eigenvalue weighted by molar-refractivity contribution is -0.139. The molecular weight excluding hydrogens is 497 g/mol. The number of amides is 1. The molecule has 1 unspecified atom stereocenters. The number of imidazole rings is 1. The van der Waals surface area contributed by atoms with Gasteiger partial charge in [-0.2, -0.15) is 13.2 Å². The quantitative estimate of drug-likeness (QED) is 0.221. The normalized spacial score (nSPS) is 13.1. The fraction of sp³-hybridized carbons (Fsp3) is 0.174. The number of carboxylic acid groups (broad SMARTS) is 2. The maximum absolute atomic E-state index is 13.9. The Balaban J connectivity index is 1.76. The molecule has 0 saturated heterocycles. The van der Waals surface area contributed by atoms with E-state index in [-0.39, 0.29) is 35.5 Å². The van der Waals surface area contributed by atoms with Crippen molar-refractivity contribution in [1.29, 1.82) is 0 Å². The van der Waals surface area contributed by atoms with Gasteiger partial charge in [-0.15, -0.1) is 0 Å². The van der Waals surface area contributed by atoms with Crippen LogP contribution in [0.3, 0.4) is 0 Å². The first-order valence-corrected chi connectivity index (χ1v) is 10.7. The number of fused-ring (bicyclic) bond motifs is 3. The molecule has 3 heterocycles. The van der Waals surface area contributed by atoms with Crippen LogP contribution in [0.4, 0.5) is 13.2 Å². The van der Waals surface area contributed by atoms with Crippen molar-refractivity contribution in [2.45, 2.75) is 18.8 Å². The molecule has 6 N–H and O–H groups in total. The number of hydrogen-bond acceptors (Lipinski definition) is 6. The van der Waals surface area contributed by atoms with E-state index in [0.29, 0.717) is 17.2 Å². The second-order valence-electron chi connectivity index (χ2n) is 7.86. The minimum atomic E-state index is -4.79. The highest BCUT2D eigenvalue weighted by atomic mass is 19.4. The number of benzene rings is 1. The average molecular weight is 516 g/mol. The first-order valence-electron chi connectivity index (χ1n) is 10.7. The summed E-state index contributed by atoms with van der Waals surface area (Å²) < 4.78 is 43.2. The number of H-pyrrole nitrogens is 1. The molecule has 11 nitrogen and oxygen atoms in total. The number of carboxylic acids is 2. The fourth-order valence-electron chi connectivity index (χ4n) is 3.89. The zero-order chi connectivity index (χ0) is 26.9. The third kappa shape index (κ3) is 4.99. The Kier molecular flexibility index (Phi) is 6.68. The van der Waals surface area contributed by atoms with Crippen LogP contribution < -0.4 is 11.1 Å². The summed E-state index contributed by atoms with van der Waals surface area (Å²) in [5.41, 5.74) is 3.89. The van der Waals surface area contributed by atoms with Crippen molar-refractivity contribution >= 4 is 39.8 Å². The molecule has 0 fully saturated rings. The number of rotatable bonds is 8. The number of carbonyl (C=O) groups excluding carboxylic acids is 1. The Morgan fingerprint density at radius 3 is 2.49 bits per heavy atom. The highest BCUT2D eigenvalue weighted by molar-refractivity contribution is 6.05. The van der Waals surface area contributed by atoms with E-state index in [0.717, 1.165) is 0 Å². The van der Waals surface area contributed by atoms with Crippen molar-refractivity contribution in [3.63, 3.8) is 0 Å². The summed E-state index contributed by atoms with van der Waals surface area (Å²) in [6, 6.07) is 7.71. The summed E-state index contributed by atoms with van der Waals surface area (Å²) in [5.74, 6) is -4.11. The summed E-state index contributed by atoms with van der Waals surface area (Å²) in [4.78, 5) is 45.6. The van der Waals surface area contributed by atoms with Gasteiger partial charge in [-0.25, -0.2) is 19.6 Å². The minimum Gasteiger partial charge on any atom is -0.478 e. The molecule has 4 aromatic rings. The van der Waals surface area contributed by atoms with E-state index < -0.39 is 41.3 Å². The van der Waals surface area contributed by atoms with Crippen LogP contribution in [0.5, 0.6) is 0 Å². The molecule has 0 aliphatic carbocycles. The zero-order valence-corrected chi connectivity index (χ0v) is 18.8. The highest BCUT2D eigenvalue weighted by Gasteiger charge is 2.37. The zero-order valence-electron chi connectivity index (χ0n) is 18.8. The Hall–Kier alpha value is -4.72. The number of para-hydroxylation sites is 1. The van der Waals surface area contributed by atoms with Crippen LogP contribution in [-0.2, 0) is 27.1 Å². The maximum Gasteiger partial charge on any atom is 0.435 e. The molecule has 1 atom stereocenters. The van der Waals surface area contributed by atoms with Crippen molar-refractivity contribution in [3.05, 3.63) is 59.9 Å². The van der Waals surface area contributed by atoms with Gasteiger partial charge in [0.1, 0.15) is 11.6 Å². The standard InChI is InChI=1S/C23H19F3N6O5/c24-23(25,26)19-17-18(11-4-1-2-5-13(11)30-19)32(20(31-17)14-6-3-7-28-14)9-8-29-21(35)16(27)12(22(36)37)10-15(33)34/h1-7,10,16,28H,8-9,27H2,(H,29,35)(H,33,34)(H,36,37)/b12-10-. The summed E-state index contributed by atoms with van der Waals surface area (Å²) in [5, 5.41) is 20.8. The summed E-state index contributed by atoms with van der Waals surface area (Å²) in [6.45, 7) is -0.274. The molecule has 14 heteroatoms. The number of alkyl halides is 3. The summed E-state index contributed by atoms with van der Waals surface area (Å²) in [7, 11) is 0. The third-order valence-corrected chi connectivity index (χ3v) is 5.47. The largest absolute Gasteiger partial charge is 0.478 e. The maximum atomic E-state index is 13.9. The fourth-order valence-corrected chi connectivity index (χ4v) is 3.89. The van der Waals surface area contributed by atoms with E-state index in [1.165, 1.54) is 10.6 Å². The molecule has 0 aliphatic rings. The van der Waals surface area contributed by atoms with Crippen LogP contribution in [0.15, 0.2) is 54.2 Å². The number of nitrogens with zero attached hydrogens (tertiary/aromatic N) is 3. The monoisotopic (exact) mass is 516 g/mol. The first kappa shape index (κ1) is 25.4. The van der Waals surface area contributed by atoms with Gasteiger partial charge in [0.2, 0.25) is 5.91 Å². The van der Waals surface area contributed by atoms with Gasteiger partial charge in [0.25, 0.3) is 0 Å². The van der Waals surface area contributed by atoms with Gasteiger partial charge in [-0.05, 0) is 18.2 Å². The minimum absolute atomic E-state index is 0.0837. The van der Waals surface area contributed by atoms with Crippen LogP contribution in [0.1, 0.15) is 5.69 Å². The summed E-state index contributed by atoms with van der Waals surface area (Å²) >= 11 is 0. The predicted octanol–water partition coefficient (Wildman–Crippen LogP) is 2.14. The van der Waals surface area contributed by atoms with Gasteiger partial charge in [-0.1, -0.05) is 18.2 Å². The number of hydrogen-bond donors (Lipinski definition) is 5. The van der Waals surface area contributed by atoms with Crippen molar-refractivity contribution in [3.8, 4) is 11.5 Å². The Labute approximate surface area is 205 Å². The average Bonchev–Trinajstić information content (AvgIpc) is 3.49. The van der Waals surface area contributed by atoms with E-state index in [1.807, 2.05) is 0 Å². The second kappa shape index (κ2) is 9.73. The topological polar surface area (TPSA) is 176 Å². The van der Waals surface area contributed by atoms with E-state index in [1.54, 1.807) is 36.5 Å². The lowest BCUT2D eigenvalue weighted by atomic mass is 10.1. The van der Waals surface area contributed by atoms with Crippen molar-refractivity contribution in [2.75, 3.05) is 6.54 Å². The smallest absolute Gasteiger partial charge is 0.435 e. The molecule has 0 saturated carbocycles. The molecular formula is C23H19F3N6O5. The number of halogens is 3. The lowest BCUT2D eigenvalue weighted by Crippen LogP contribution is -2.44. The number of aromatic amines is 1. The van der Waals surface area contributed by atoms with E-state index >= 15 is 0 Å². The Morgan fingerprint density at radius 2 is 1.86 bits per heavy atom. The molecule has 0 bridgehead atoms. The number of aromatic nitrogens is 4. The van der Waals surface area contributed by atoms with Gasteiger partial charge < -0.3 is 30.8 Å². The number of carbonyl (C=O) groups is 3. The van der Waals surface area contributed by atoms with Crippen LogP contribution in [0.2, 0.25) is 0 Å². The van der Waals surface area contributed by atoms with E-state index in [9.17, 15) is 27.6 Å². The van der Waals surface area contributed by atoms with Gasteiger partial charge in [0.05, 0.1) is 22.3 Å². The Bertz CT molecular complexity index is 1540. The Morgan fingerprint density at radius 1 is 1.14 bits per heavy atom. The SMILES string of the molecule is NC(C(=O)NCCn1c(-c2ccc[nH]2)nc2c(C(F)(F)F)nc3ccccc3c21)/C(=C/C(=O)O)C(=O)O. The molecule has 3 aromatic heterocycles. The first-order chi connectivity index (χ1) is 17.5. The van der Waals surface area contributed by atoms with Crippen LogP contribution >= 0.6 is 0 Å². The van der Waals surface area contributed by atoms with E-state index in [2.05, 4.69) is 20.3 Å². The number of nitrogens with one attached hydrogen (secondary N) is 2. The van der Waals surface area contributed by atoms with Crippen molar-refractivity contribution < 1.29 is 37.8 Å². The molecule has 0 spiro atoms. The van der Waals surface area contributed by atoms with Crippen molar-refractivity contribution in [1.82, 2.24) is 24.8 Å². The molecule has 37 heavy (non-hydrogen) atoms. The number of nitrogens with two attached hydrogens (primary N) is 1. The van der Waals surface area contributed by atoms with Gasteiger partial charge >= 0.3 is 18.1 Å². The highest BCUT2D eigenvalue weighted by Crippen LogP contribution is 2.38. The van der Waals surface area contributed by atoms with E-state index in [4.69, 9.17) is 15.9 Å². The van der Waals surface area contributed by atoms with Crippen LogP contribution in [0, 0.1) is 0 Å². The lowest BCUT2D eigenvalue weighted by Gasteiger charge is -2.15. The second-order valence-corrected chi connectivity index (χ2v) is 7.86. The van der Waals surface area contributed by atoms with Crippen LogP contribution in [0.25, 0.3) is 33.5 Å². The van der Waals surface area contributed by atoms with Crippen LogP contribution in [-0.4, -0.2) is 60.2 Å². The molecule has 4 rings (SSSR count).